The van der Waals surface area contributed by atoms with E-state index in [0.717, 1.165) is 60.8 Å². The van der Waals surface area contributed by atoms with E-state index in [1.807, 2.05) is 31.3 Å². The summed E-state index contributed by atoms with van der Waals surface area (Å²) in [7, 11) is 0. The van der Waals surface area contributed by atoms with Gasteiger partial charge in [0.2, 0.25) is 5.91 Å². The lowest BCUT2D eigenvalue weighted by atomic mass is 9.79. The van der Waals surface area contributed by atoms with E-state index in [1.54, 1.807) is 6.20 Å². The summed E-state index contributed by atoms with van der Waals surface area (Å²) < 4.78 is 0. The number of carbonyl (C=O) groups excluding carboxylic acids is 2. The average Bonchev–Trinajstić information content (AvgIpc) is 3.70. The number of Topliss-reactive ketones (excluding diaryl/α,β-unsaturated/α-hetero) is 1. The van der Waals surface area contributed by atoms with Crippen LogP contribution in [0.2, 0.25) is 0 Å². The van der Waals surface area contributed by atoms with Crippen LogP contribution in [0.4, 0.5) is 5.82 Å². The van der Waals surface area contributed by atoms with Crippen LogP contribution in [0.25, 0.3) is 10.9 Å². The van der Waals surface area contributed by atoms with Gasteiger partial charge in [-0.1, -0.05) is 49.8 Å². The number of fused-ring (bicyclic) bond motifs is 4. The summed E-state index contributed by atoms with van der Waals surface area (Å²) in [5.41, 5.74) is 5.61. The van der Waals surface area contributed by atoms with Crippen molar-refractivity contribution in [1.82, 2.24) is 20.2 Å². The predicted octanol–water partition coefficient (Wildman–Crippen LogP) is 5.21. The Kier molecular flexibility index (Phi) is 7.10. The van der Waals surface area contributed by atoms with Crippen molar-refractivity contribution >= 4 is 28.4 Å². The number of rotatable bonds is 5. The number of hydrogen-bond acceptors (Lipinski definition) is 6. The summed E-state index contributed by atoms with van der Waals surface area (Å²) in [6, 6.07) is 10.5. The zero-order valence-corrected chi connectivity index (χ0v) is 24.9. The molecule has 3 aromatic rings. The lowest BCUT2D eigenvalue weighted by Crippen LogP contribution is -2.58. The van der Waals surface area contributed by atoms with E-state index in [2.05, 4.69) is 63.5 Å². The Balaban J connectivity index is 1.18. The van der Waals surface area contributed by atoms with Crippen LogP contribution < -0.4 is 10.6 Å². The van der Waals surface area contributed by atoms with Gasteiger partial charge in [-0.3, -0.25) is 19.5 Å². The monoisotopic (exact) mass is 573 g/mol. The summed E-state index contributed by atoms with van der Waals surface area (Å²) in [6.07, 6.45) is 17.2. The molecular weight excluding hydrogens is 534 g/mol. The summed E-state index contributed by atoms with van der Waals surface area (Å²) in [4.78, 5) is 38.5. The molecule has 7 nitrogen and oxygen atoms in total. The first-order chi connectivity index (χ1) is 20.9. The molecule has 2 aliphatic carbocycles. The second kappa shape index (κ2) is 11.0. The van der Waals surface area contributed by atoms with Gasteiger partial charge in [0.15, 0.2) is 5.78 Å². The smallest absolute Gasteiger partial charge is 0.237 e. The Bertz CT molecular complexity index is 1680. The molecule has 2 N–H and O–H groups in total. The Morgan fingerprint density at radius 2 is 1.95 bits per heavy atom. The number of benzene rings is 1. The van der Waals surface area contributed by atoms with Gasteiger partial charge in [-0.15, -0.1) is 0 Å². The number of allylic oxidation sites excluding steroid dienone is 4. The highest BCUT2D eigenvalue weighted by atomic mass is 16.2. The maximum absolute atomic E-state index is 13.7. The molecule has 1 saturated carbocycles. The van der Waals surface area contributed by atoms with Crippen LogP contribution in [0, 0.1) is 5.92 Å². The number of pyridine rings is 2. The number of anilines is 1. The SMILES string of the molecule is C=CC=C(C=CC)C1CNC2(CCCC2)C(=O)CN(Cc2cnc3cc4c(cc3c2)CC2(C4)C(=O)Nc3ncccc32)C1. The zero-order valence-electron chi connectivity index (χ0n) is 24.9. The third-order valence-corrected chi connectivity index (χ3v) is 10.1. The van der Waals surface area contributed by atoms with Crippen LogP contribution in [-0.4, -0.2) is 51.7 Å². The van der Waals surface area contributed by atoms with Gasteiger partial charge in [0.05, 0.1) is 23.0 Å². The molecule has 2 atom stereocenters. The Morgan fingerprint density at radius 1 is 1.14 bits per heavy atom. The highest BCUT2D eigenvalue weighted by Crippen LogP contribution is 2.47. The van der Waals surface area contributed by atoms with Gasteiger partial charge in [-0.2, -0.15) is 0 Å². The first-order valence-electron chi connectivity index (χ1n) is 15.6. The lowest BCUT2D eigenvalue weighted by Gasteiger charge is -2.38. The molecule has 0 radical (unpaired) electrons. The van der Waals surface area contributed by atoms with E-state index in [9.17, 15) is 9.59 Å². The van der Waals surface area contributed by atoms with Crippen LogP contribution in [0.5, 0.6) is 0 Å². The molecule has 2 aliphatic heterocycles. The molecule has 220 valence electrons. The minimum absolute atomic E-state index is 0.0312. The van der Waals surface area contributed by atoms with Crippen molar-refractivity contribution in [3.05, 3.63) is 101 Å². The average molecular weight is 574 g/mol. The van der Waals surface area contributed by atoms with E-state index >= 15 is 0 Å². The fourth-order valence-corrected chi connectivity index (χ4v) is 7.94. The lowest BCUT2D eigenvalue weighted by molar-refractivity contribution is -0.127. The van der Waals surface area contributed by atoms with Gasteiger partial charge in [0.1, 0.15) is 5.82 Å². The third kappa shape index (κ3) is 4.85. The molecule has 7 heteroatoms. The van der Waals surface area contributed by atoms with Crippen LogP contribution in [0.3, 0.4) is 0 Å². The maximum atomic E-state index is 13.7. The van der Waals surface area contributed by atoms with Crippen molar-refractivity contribution < 1.29 is 9.59 Å². The van der Waals surface area contributed by atoms with Crippen molar-refractivity contribution in [1.29, 1.82) is 0 Å². The fourth-order valence-electron chi connectivity index (χ4n) is 7.94. The van der Waals surface area contributed by atoms with Crippen LogP contribution in [-0.2, 0) is 34.4 Å². The zero-order chi connectivity index (χ0) is 29.6. The molecule has 4 heterocycles. The molecule has 7 rings (SSSR count). The number of hydrogen-bond donors (Lipinski definition) is 2. The largest absolute Gasteiger partial charge is 0.310 e. The molecule has 0 bridgehead atoms. The van der Waals surface area contributed by atoms with E-state index in [4.69, 9.17) is 4.98 Å². The number of carbonyl (C=O) groups is 2. The van der Waals surface area contributed by atoms with E-state index in [-0.39, 0.29) is 11.8 Å². The van der Waals surface area contributed by atoms with Gasteiger partial charge in [-0.25, -0.2) is 4.98 Å². The predicted molar refractivity (Wildman–Crippen MR) is 170 cm³/mol. The highest BCUT2D eigenvalue weighted by Gasteiger charge is 2.51. The Labute approximate surface area is 253 Å². The highest BCUT2D eigenvalue weighted by molar-refractivity contribution is 6.06. The van der Waals surface area contributed by atoms with Crippen molar-refractivity contribution in [3.63, 3.8) is 0 Å². The third-order valence-electron chi connectivity index (χ3n) is 10.1. The number of ketones is 1. The molecule has 2 aromatic heterocycles. The molecule has 1 amide bonds. The normalized spacial score (nSPS) is 25.3. The molecule has 43 heavy (non-hydrogen) atoms. The summed E-state index contributed by atoms with van der Waals surface area (Å²) in [5.74, 6) is 1.26. The van der Waals surface area contributed by atoms with Gasteiger partial charge >= 0.3 is 0 Å². The summed E-state index contributed by atoms with van der Waals surface area (Å²) >= 11 is 0. The molecule has 2 unspecified atom stereocenters. The summed E-state index contributed by atoms with van der Waals surface area (Å²) in [6.45, 7) is 8.61. The Hall–Kier alpha value is -3.94. The van der Waals surface area contributed by atoms with Gasteiger partial charge < -0.3 is 10.6 Å². The minimum atomic E-state index is -0.597. The Morgan fingerprint density at radius 3 is 2.74 bits per heavy atom. The number of nitrogens with one attached hydrogen (secondary N) is 2. The van der Waals surface area contributed by atoms with Crippen molar-refractivity contribution in [3.8, 4) is 0 Å². The number of aromatic nitrogens is 2. The fraction of sp³-hybridized carbons (Fsp3) is 0.389. The molecule has 4 aliphatic rings. The first-order valence-corrected chi connectivity index (χ1v) is 15.6. The van der Waals surface area contributed by atoms with Gasteiger partial charge in [-0.05, 0) is 79.1 Å². The van der Waals surface area contributed by atoms with Crippen molar-refractivity contribution in [2.75, 3.05) is 25.0 Å². The topological polar surface area (TPSA) is 87.2 Å². The van der Waals surface area contributed by atoms with Crippen LogP contribution in [0.15, 0.2) is 79.2 Å². The second-order valence-electron chi connectivity index (χ2n) is 12.8. The molecular formula is C36H39N5O2. The van der Waals surface area contributed by atoms with E-state index in [0.29, 0.717) is 37.5 Å². The number of amides is 1. The molecule has 2 spiro atoms. The minimum Gasteiger partial charge on any atom is -0.310 e. The molecule has 1 aromatic carbocycles. The van der Waals surface area contributed by atoms with E-state index in [1.165, 1.54) is 16.7 Å². The quantitative estimate of drug-likeness (QED) is 0.408. The van der Waals surface area contributed by atoms with Crippen LogP contribution >= 0.6 is 0 Å². The van der Waals surface area contributed by atoms with Crippen LogP contribution in [0.1, 0.15) is 54.9 Å². The first kappa shape index (κ1) is 27.9. The number of nitrogens with zero attached hydrogens (tertiary/aromatic N) is 3. The second-order valence-corrected chi connectivity index (χ2v) is 12.8. The van der Waals surface area contributed by atoms with Gasteiger partial charge in [0.25, 0.3) is 0 Å². The standard InChI is InChI=1S/C36H39N5O2/c1-3-8-25(9-4-2)29-20-39-36(11-5-6-12-36)32(42)23-41(22-29)21-24-14-26-15-27-17-35(18-28(27)16-31(26)38-19-24)30-10-7-13-37-33(30)40-34(35)43/h3-4,7-10,13-16,19,29,39H,1,5-6,11-12,17-18,20-23H2,2H3,(H,37,40,43). The molecule has 2 fully saturated rings. The van der Waals surface area contributed by atoms with Crippen molar-refractivity contribution in [2.45, 2.75) is 62.9 Å². The molecule has 1 saturated heterocycles. The summed E-state index contributed by atoms with van der Waals surface area (Å²) in [5, 5.41) is 7.80. The van der Waals surface area contributed by atoms with E-state index < -0.39 is 11.0 Å². The van der Waals surface area contributed by atoms with Gasteiger partial charge in [0, 0.05) is 48.9 Å². The maximum Gasteiger partial charge on any atom is 0.237 e. The van der Waals surface area contributed by atoms with Crippen molar-refractivity contribution in [2.24, 2.45) is 5.92 Å².